The Hall–Kier alpha value is -3.28. The maximum Gasteiger partial charge on any atom is 0.239 e. The van der Waals surface area contributed by atoms with Crippen LogP contribution < -0.4 is 15.4 Å². The van der Waals surface area contributed by atoms with Crippen LogP contribution in [0.15, 0.2) is 67.0 Å². The van der Waals surface area contributed by atoms with Gasteiger partial charge in [-0.1, -0.05) is 24.3 Å². The number of rotatable bonds is 8. The Balaban J connectivity index is 1.41. The van der Waals surface area contributed by atoms with Gasteiger partial charge >= 0.3 is 0 Å². The first-order valence-electron chi connectivity index (χ1n) is 9.51. The molecule has 1 unspecified atom stereocenters. The minimum Gasteiger partial charge on any atom is -0.497 e. The second kappa shape index (κ2) is 8.17. The Labute approximate surface area is 164 Å². The summed E-state index contributed by atoms with van der Waals surface area (Å²) < 4.78 is 7.01. The van der Waals surface area contributed by atoms with Crippen LogP contribution in [-0.2, 0) is 4.79 Å². The molecule has 0 spiro atoms. The van der Waals surface area contributed by atoms with E-state index in [0.717, 1.165) is 35.5 Å². The summed E-state index contributed by atoms with van der Waals surface area (Å²) in [5.74, 6) is 1.30. The van der Waals surface area contributed by atoms with Gasteiger partial charge in [-0.3, -0.25) is 4.79 Å². The fourth-order valence-corrected chi connectivity index (χ4v) is 3.35. The van der Waals surface area contributed by atoms with Gasteiger partial charge in [0, 0.05) is 12.4 Å². The summed E-state index contributed by atoms with van der Waals surface area (Å²) in [5.41, 5.74) is 2.90. The van der Waals surface area contributed by atoms with E-state index in [-0.39, 0.29) is 18.5 Å². The predicted molar refractivity (Wildman–Crippen MR) is 109 cm³/mol. The first kappa shape index (κ1) is 18.1. The second-order valence-corrected chi connectivity index (χ2v) is 6.98. The van der Waals surface area contributed by atoms with Gasteiger partial charge in [0.2, 0.25) is 5.91 Å². The first-order chi connectivity index (χ1) is 13.7. The van der Waals surface area contributed by atoms with E-state index in [9.17, 15) is 4.79 Å². The van der Waals surface area contributed by atoms with Gasteiger partial charge in [0.1, 0.15) is 5.75 Å². The average molecular weight is 376 g/mol. The molecule has 28 heavy (non-hydrogen) atoms. The van der Waals surface area contributed by atoms with Gasteiger partial charge in [-0.25, -0.2) is 4.68 Å². The summed E-state index contributed by atoms with van der Waals surface area (Å²) in [5, 5.41) is 10.7. The molecule has 144 valence electrons. The molecule has 1 fully saturated rings. The molecule has 0 aliphatic heterocycles. The summed E-state index contributed by atoms with van der Waals surface area (Å²) in [6.07, 6.45) is 5.91. The quantitative estimate of drug-likeness (QED) is 0.631. The molecule has 0 saturated heterocycles. The number of amides is 1. The van der Waals surface area contributed by atoms with Crippen LogP contribution >= 0.6 is 0 Å². The maximum absolute atomic E-state index is 12.6. The van der Waals surface area contributed by atoms with Crippen LogP contribution in [0, 0.1) is 5.92 Å². The topological polar surface area (TPSA) is 68.2 Å². The molecule has 1 aliphatic carbocycles. The molecule has 1 atom stereocenters. The van der Waals surface area contributed by atoms with Crippen molar-refractivity contribution in [3.05, 3.63) is 72.6 Å². The molecule has 6 heteroatoms. The minimum absolute atomic E-state index is 0.0250. The Morgan fingerprint density at radius 1 is 1.18 bits per heavy atom. The maximum atomic E-state index is 12.6. The molecule has 6 nitrogen and oxygen atoms in total. The van der Waals surface area contributed by atoms with Gasteiger partial charge in [0.05, 0.1) is 31.1 Å². The van der Waals surface area contributed by atoms with E-state index < -0.39 is 0 Å². The van der Waals surface area contributed by atoms with Crippen molar-refractivity contribution < 1.29 is 9.53 Å². The molecule has 1 amide bonds. The zero-order chi connectivity index (χ0) is 19.3. The van der Waals surface area contributed by atoms with Crippen molar-refractivity contribution in [3.63, 3.8) is 0 Å². The lowest BCUT2D eigenvalue weighted by atomic mass is 10.0. The van der Waals surface area contributed by atoms with Crippen molar-refractivity contribution >= 4 is 11.6 Å². The van der Waals surface area contributed by atoms with Gasteiger partial charge in [-0.15, -0.1) is 0 Å². The third-order valence-electron chi connectivity index (χ3n) is 4.98. The van der Waals surface area contributed by atoms with Crippen molar-refractivity contribution in [1.29, 1.82) is 0 Å². The highest BCUT2D eigenvalue weighted by Gasteiger charge is 2.33. The highest BCUT2D eigenvalue weighted by Crippen LogP contribution is 2.41. The zero-order valence-corrected chi connectivity index (χ0v) is 15.8. The Bertz CT molecular complexity index is 918. The second-order valence-electron chi connectivity index (χ2n) is 6.98. The average Bonchev–Trinajstić information content (AvgIpc) is 3.44. The molecular formula is C22H24N4O2. The molecule has 1 aliphatic rings. The number of para-hydroxylation sites is 2. The van der Waals surface area contributed by atoms with E-state index in [0.29, 0.717) is 5.92 Å². The Morgan fingerprint density at radius 3 is 2.64 bits per heavy atom. The van der Waals surface area contributed by atoms with Gasteiger partial charge in [0.25, 0.3) is 0 Å². The highest BCUT2D eigenvalue weighted by molar-refractivity contribution is 5.82. The van der Waals surface area contributed by atoms with E-state index in [1.807, 2.05) is 60.8 Å². The van der Waals surface area contributed by atoms with Crippen molar-refractivity contribution in [2.75, 3.05) is 19.0 Å². The van der Waals surface area contributed by atoms with Gasteiger partial charge in [0.15, 0.2) is 0 Å². The largest absolute Gasteiger partial charge is 0.497 e. The van der Waals surface area contributed by atoms with Crippen molar-refractivity contribution in [3.8, 4) is 11.4 Å². The van der Waals surface area contributed by atoms with Gasteiger partial charge < -0.3 is 15.4 Å². The molecule has 1 aromatic heterocycles. The summed E-state index contributed by atoms with van der Waals surface area (Å²) in [6, 6.07) is 17.7. The fourth-order valence-electron chi connectivity index (χ4n) is 3.35. The number of aromatic nitrogens is 2. The highest BCUT2D eigenvalue weighted by atomic mass is 16.5. The van der Waals surface area contributed by atoms with Crippen LogP contribution in [0.2, 0.25) is 0 Å². The number of methoxy groups -OCH3 is 1. The molecule has 4 rings (SSSR count). The summed E-state index contributed by atoms with van der Waals surface area (Å²) in [7, 11) is 1.65. The summed E-state index contributed by atoms with van der Waals surface area (Å²) in [6.45, 7) is 0.206. The van der Waals surface area contributed by atoms with E-state index in [4.69, 9.17) is 4.74 Å². The number of ether oxygens (including phenoxy) is 1. The number of carbonyl (C=O) groups is 1. The molecule has 2 N–H and O–H groups in total. The van der Waals surface area contributed by atoms with E-state index in [2.05, 4.69) is 15.7 Å². The van der Waals surface area contributed by atoms with Crippen LogP contribution in [-0.4, -0.2) is 29.3 Å². The Kier molecular flexibility index (Phi) is 5.28. The van der Waals surface area contributed by atoms with Crippen LogP contribution in [0.3, 0.4) is 0 Å². The number of benzene rings is 2. The van der Waals surface area contributed by atoms with Crippen LogP contribution in [0.5, 0.6) is 5.75 Å². The number of carbonyl (C=O) groups excluding carboxylic acids is 1. The molecule has 0 bridgehead atoms. The van der Waals surface area contributed by atoms with Crippen LogP contribution in [0.1, 0.15) is 24.4 Å². The number of nitrogens with zero attached hydrogens (tertiary/aromatic N) is 2. The lowest BCUT2D eigenvalue weighted by molar-refractivity contribution is -0.120. The van der Waals surface area contributed by atoms with E-state index in [1.54, 1.807) is 18.0 Å². The predicted octanol–water partition coefficient (Wildman–Crippen LogP) is 3.56. The number of nitrogens with one attached hydrogen (secondary N) is 2. The lowest BCUT2D eigenvalue weighted by Gasteiger charge is -2.20. The molecule has 1 saturated carbocycles. The van der Waals surface area contributed by atoms with Crippen LogP contribution in [0.4, 0.5) is 5.69 Å². The summed E-state index contributed by atoms with van der Waals surface area (Å²) in [4.78, 5) is 12.6. The molecular weight excluding hydrogens is 352 g/mol. The van der Waals surface area contributed by atoms with Gasteiger partial charge in [-0.2, -0.15) is 5.10 Å². The lowest BCUT2D eigenvalue weighted by Crippen LogP contribution is -2.34. The van der Waals surface area contributed by atoms with Crippen LogP contribution in [0.25, 0.3) is 5.69 Å². The van der Waals surface area contributed by atoms with E-state index in [1.165, 1.54) is 0 Å². The molecule has 3 aromatic rings. The minimum atomic E-state index is -0.0250. The van der Waals surface area contributed by atoms with Crippen molar-refractivity contribution in [2.24, 2.45) is 5.92 Å². The fraction of sp³-hybridized carbons (Fsp3) is 0.273. The smallest absolute Gasteiger partial charge is 0.239 e. The van der Waals surface area contributed by atoms with Crippen molar-refractivity contribution in [1.82, 2.24) is 15.1 Å². The summed E-state index contributed by atoms with van der Waals surface area (Å²) >= 11 is 0. The number of hydrogen-bond acceptors (Lipinski definition) is 4. The normalized spacial score (nSPS) is 14.3. The monoisotopic (exact) mass is 376 g/mol. The third kappa shape index (κ3) is 4.17. The third-order valence-corrected chi connectivity index (χ3v) is 4.98. The molecule has 0 radical (unpaired) electrons. The van der Waals surface area contributed by atoms with Crippen molar-refractivity contribution in [2.45, 2.75) is 18.9 Å². The Morgan fingerprint density at radius 2 is 1.96 bits per heavy atom. The molecule has 2 aromatic carbocycles. The number of anilines is 1. The number of hydrogen-bond donors (Lipinski definition) is 2. The first-order valence-corrected chi connectivity index (χ1v) is 9.51. The zero-order valence-electron chi connectivity index (χ0n) is 15.8. The molecule has 1 heterocycles. The SMILES string of the molecule is COc1ccc(C(NC(=O)CNc2ccccc2-n2cccn2)C2CC2)cc1. The standard InChI is InChI=1S/C22H24N4O2/c1-28-18-11-9-17(10-12-18)22(16-7-8-16)25-21(27)15-23-19-5-2-3-6-20(19)26-14-4-13-24-26/h2-6,9-14,16,22-23H,7-8,15H2,1H3,(H,25,27). The van der Waals surface area contributed by atoms with Gasteiger partial charge in [-0.05, 0) is 54.7 Å². The van der Waals surface area contributed by atoms with E-state index >= 15 is 0 Å².